The maximum absolute atomic E-state index is 11.7. The van der Waals surface area contributed by atoms with Gasteiger partial charge in [-0.15, -0.1) is 0 Å². The standard InChI is InChI=1S/C11H22N2O2S/c1-15-11(14)10(4-3-9-16-2)13-7-5-12-6-8-13/h10,12H,3-9H2,1-2H3. The Morgan fingerprint density at radius 3 is 2.75 bits per heavy atom. The van der Waals surface area contributed by atoms with Crippen LogP contribution in [0.15, 0.2) is 0 Å². The molecular weight excluding hydrogens is 224 g/mol. The third-order valence-corrected chi connectivity index (χ3v) is 3.59. The fourth-order valence-electron chi connectivity index (χ4n) is 2.00. The second-order valence-electron chi connectivity index (χ2n) is 3.96. The normalized spacial score (nSPS) is 19.4. The largest absolute Gasteiger partial charge is 0.468 e. The molecule has 0 aliphatic carbocycles. The molecule has 0 aromatic carbocycles. The lowest BCUT2D eigenvalue weighted by atomic mass is 10.1. The molecule has 4 nitrogen and oxygen atoms in total. The highest BCUT2D eigenvalue weighted by Gasteiger charge is 2.27. The molecule has 0 saturated carbocycles. The van der Waals surface area contributed by atoms with Gasteiger partial charge in [0.15, 0.2) is 0 Å². The zero-order valence-corrected chi connectivity index (χ0v) is 11.0. The quantitative estimate of drug-likeness (QED) is 0.548. The van der Waals surface area contributed by atoms with Gasteiger partial charge in [0.1, 0.15) is 6.04 Å². The third-order valence-electron chi connectivity index (χ3n) is 2.89. The van der Waals surface area contributed by atoms with Gasteiger partial charge in [-0.2, -0.15) is 11.8 Å². The van der Waals surface area contributed by atoms with Crippen molar-refractivity contribution in [1.82, 2.24) is 10.2 Å². The van der Waals surface area contributed by atoms with Crippen LogP contribution in [0.1, 0.15) is 12.8 Å². The van der Waals surface area contributed by atoms with Crippen LogP contribution in [0.3, 0.4) is 0 Å². The second-order valence-corrected chi connectivity index (χ2v) is 4.95. The Balaban J connectivity index is 2.44. The van der Waals surface area contributed by atoms with E-state index >= 15 is 0 Å². The molecular formula is C11H22N2O2S. The number of carbonyl (C=O) groups excluding carboxylic acids is 1. The van der Waals surface area contributed by atoms with Crippen LogP contribution >= 0.6 is 11.8 Å². The van der Waals surface area contributed by atoms with Crippen LogP contribution < -0.4 is 5.32 Å². The van der Waals surface area contributed by atoms with Gasteiger partial charge >= 0.3 is 5.97 Å². The molecule has 1 saturated heterocycles. The Hall–Kier alpha value is -0.260. The van der Waals surface area contributed by atoms with Crippen molar-refractivity contribution in [3.8, 4) is 0 Å². The van der Waals surface area contributed by atoms with Crippen molar-refractivity contribution >= 4 is 17.7 Å². The summed E-state index contributed by atoms with van der Waals surface area (Å²) in [5.41, 5.74) is 0. The molecule has 0 amide bonds. The summed E-state index contributed by atoms with van der Waals surface area (Å²) in [4.78, 5) is 14.0. The summed E-state index contributed by atoms with van der Waals surface area (Å²) in [5, 5.41) is 3.30. The summed E-state index contributed by atoms with van der Waals surface area (Å²) in [6.07, 6.45) is 4.08. The molecule has 1 aliphatic rings. The van der Waals surface area contributed by atoms with Crippen molar-refractivity contribution in [1.29, 1.82) is 0 Å². The first-order valence-electron chi connectivity index (χ1n) is 5.81. The van der Waals surface area contributed by atoms with E-state index in [1.807, 2.05) is 11.8 Å². The zero-order valence-electron chi connectivity index (χ0n) is 10.2. The topological polar surface area (TPSA) is 41.6 Å². The number of nitrogens with zero attached hydrogens (tertiary/aromatic N) is 1. The van der Waals surface area contributed by atoms with E-state index in [1.54, 1.807) is 0 Å². The number of methoxy groups -OCH3 is 1. The van der Waals surface area contributed by atoms with Crippen LogP contribution in [0.25, 0.3) is 0 Å². The molecule has 0 bridgehead atoms. The van der Waals surface area contributed by atoms with Crippen LogP contribution in [-0.4, -0.2) is 62.2 Å². The summed E-state index contributed by atoms with van der Waals surface area (Å²) >= 11 is 1.83. The van der Waals surface area contributed by atoms with E-state index in [1.165, 1.54) is 7.11 Å². The van der Waals surface area contributed by atoms with Gasteiger partial charge in [0.2, 0.25) is 0 Å². The summed E-state index contributed by atoms with van der Waals surface area (Å²) < 4.78 is 4.89. The molecule has 5 heteroatoms. The first-order valence-corrected chi connectivity index (χ1v) is 7.20. The van der Waals surface area contributed by atoms with Crippen LogP contribution in [0, 0.1) is 0 Å². The number of carbonyl (C=O) groups is 1. The first-order chi connectivity index (χ1) is 7.79. The fourth-order valence-corrected chi connectivity index (χ4v) is 2.46. The molecule has 0 aromatic heterocycles. The van der Waals surface area contributed by atoms with Gasteiger partial charge in [-0.3, -0.25) is 9.69 Å². The minimum absolute atomic E-state index is 0.0424. The van der Waals surface area contributed by atoms with Crippen LogP contribution in [0.2, 0.25) is 0 Å². The highest BCUT2D eigenvalue weighted by Crippen LogP contribution is 2.12. The van der Waals surface area contributed by atoms with E-state index in [0.717, 1.165) is 44.8 Å². The van der Waals surface area contributed by atoms with Gasteiger partial charge < -0.3 is 10.1 Å². The molecule has 1 rings (SSSR count). The molecule has 16 heavy (non-hydrogen) atoms. The molecule has 1 unspecified atom stereocenters. The minimum Gasteiger partial charge on any atom is -0.468 e. The van der Waals surface area contributed by atoms with Gasteiger partial charge in [0.25, 0.3) is 0 Å². The summed E-state index contributed by atoms with van der Waals surface area (Å²) in [6.45, 7) is 3.82. The van der Waals surface area contributed by atoms with Crippen molar-refractivity contribution in [3.05, 3.63) is 0 Å². The van der Waals surface area contributed by atoms with Crippen molar-refractivity contribution in [3.63, 3.8) is 0 Å². The summed E-state index contributed by atoms with van der Waals surface area (Å²) in [7, 11) is 1.48. The average Bonchev–Trinajstić information content (AvgIpc) is 2.35. The van der Waals surface area contributed by atoms with Gasteiger partial charge in [0, 0.05) is 26.2 Å². The number of ether oxygens (including phenoxy) is 1. The van der Waals surface area contributed by atoms with E-state index in [4.69, 9.17) is 4.74 Å². The van der Waals surface area contributed by atoms with Crippen LogP contribution in [0.4, 0.5) is 0 Å². The smallest absolute Gasteiger partial charge is 0.323 e. The maximum Gasteiger partial charge on any atom is 0.323 e. The molecule has 94 valence electrons. The molecule has 1 atom stereocenters. The van der Waals surface area contributed by atoms with Gasteiger partial charge in [-0.25, -0.2) is 0 Å². The first kappa shape index (κ1) is 13.8. The summed E-state index contributed by atoms with van der Waals surface area (Å²) in [6, 6.07) is -0.0424. The number of hydrogen-bond donors (Lipinski definition) is 1. The molecule has 0 aromatic rings. The van der Waals surface area contributed by atoms with E-state index in [-0.39, 0.29) is 12.0 Å². The Morgan fingerprint density at radius 1 is 1.50 bits per heavy atom. The van der Waals surface area contributed by atoms with Crippen molar-refractivity contribution in [2.45, 2.75) is 18.9 Å². The van der Waals surface area contributed by atoms with Crippen molar-refractivity contribution in [2.75, 3.05) is 45.3 Å². The zero-order chi connectivity index (χ0) is 11.8. The number of rotatable bonds is 6. The van der Waals surface area contributed by atoms with Crippen LogP contribution in [0.5, 0.6) is 0 Å². The number of thioether (sulfide) groups is 1. The molecule has 1 fully saturated rings. The van der Waals surface area contributed by atoms with E-state index in [9.17, 15) is 4.79 Å². The SMILES string of the molecule is COC(=O)C(CCCSC)N1CCNCC1. The summed E-state index contributed by atoms with van der Waals surface area (Å²) in [5.74, 6) is 1.03. The van der Waals surface area contributed by atoms with Crippen LogP contribution in [-0.2, 0) is 9.53 Å². The Bertz CT molecular complexity index is 208. The number of hydrogen-bond acceptors (Lipinski definition) is 5. The third kappa shape index (κ3) is 4.31. The Morgan fingerprint density at radius 2 is 2.19 bits per heavy atom. The average molecular weight is 246 g/mol. The Labute approximate surface area is 102 Å². The number of piperazine rings is 1. The van der Waals surface area contributed by atoms with Crippen molar-refractivity contribution in [2.24, 2.45) is 0 Å². The fraction of sp³-hybridized carbons (Fsp3) is 0.909. The number of nitrogens with one attached hydrogen (secondary N) is 1. The predicted octanol–water partition coefficient (Wildman–Crippen LogP) is 0.576. The monoisotopic (exact) mass is 246 g/mol. The van der Waals surface area contributed by atoms with Gasteiger partial charge in [-0.1, -0.05) is 0 Å². The highest BCUT2D eigenvalue weighted by atomic mass is 32.2. The molecule has 0 radical (unpaired) electrons. The molecule has 1 aliphatic heterocycles. The molecule has 1 N–H and O–H groups in total. The minimum atomic E-state index is -0.0806. The lowest BCUT2D eigenvalue weighted by Crippen LogP contribution is -2.51. The van der Waals surface area contributed by atoms with E-state index in [2.05, 4.69) is 16.5 Å². The predicted molar refractivity (Wildman–Crippen MR) is 67.9 cm³/mol. The van der Waals surface area contributed by atoms with E-state index < -0.39 is 0 Å². The van der Waals surface area contributed by atoms with Crippen molar-refractivity contribution < 1.29 is 9.53 Å². The lowest BCUT2D eigenvalue weighted by Gasteiger charge is -2.33. The molecule has 0 spiro atoms. The van der Waals surface area contributed by atoms with Gasteiger partial charge in [0.05, 0.1) is 7.11 Å². The Kier molecular flexibility index (Phi) is 6.84. The highest BCUT2D eigenvalue weighted by molar-refractivity contribution is 7.98. The van der Waals surface area contributed by atoms with Gasteiger partial charge in [-0.05, 0) is 24.9 Å². The number of esters is 1. The molecule has 1 heterocycles. The van der Waals surface area contributed by atoms with E-state index in [0.29, 0.717) is 0 Å². The maximum atomic E-state index is 11.7. The second kappa shape index (κ2) is 7.92. The lowest BCUT2D eigenvalue weighted by molar-refractivity contribution is -0.147.